The number of likely N-dealkylation sites (tertiary alicyclic amines) is 1. The molecule has 18 heteroatoms. The van der Waals surface area contributed by atoms with Crippen LogP contribution in [0.1, 0.15) is 74.1 Å². The molecule has 0 spiro atoms. The first-order valence-corrected chi connectivity index (χ1v) is 26.5. The van der Waals surface area contributed by atoms with Crippen molar-refractivity contribution in [3.05, 3.63) is 41.9 Å². The number of morpholine rings is 2. The molecule has 5 aromatic rings. The third-order valence-electron chi connectivity index (χ3n) is 11.8. The van der Waals surface area contributed by atoms with Crippen LogP contribution >= 0.6 is 11.6 Å². The van der Waals surface area contributed by atoms with Gasteiger partial charge in [0.1, 0.15) is 34.0 Å². The monoisotopic (exact) mass is 1110 g/mol. The fraction of sp³-hybridized carbons (Fsp3) is 0.375. The van der Waals surface area contributed by atoms with Crippen LogP contribution in [0.15, 0.2) is 36.8 Å². The Morgan fingerprint density at radius 2 is 1.05 bits per heavy atom. The number of amides is 1. The molecule has 82 heavy (non-hydrogen) atoms. The van der Waals surface area contributed by atoms with Crippen molar-refractivity contribution < 1.29 is 19.0 Å². The van der Waals surface area contributed by atoms with Gasteiger partial charge in [-0.3, -0.25) is 10.1 Å². The fourth-order valence-corrected chi connectivity index (χ4v) is 8.38. The van der Waals surface area contributed by atoms with Gasteiger partial charge < -0.3 is 39.5 Å². The molecule has 0 aromatic carbocycles. The minimum Gasteiger partial charge on any atom is -0.444 e. The highest BCUT2D eigenvalue weighted by Gasteiger charge is 2.31. The van der Waals surface area contributed by atoms with Crippen LogP contribution in [0.4, 0.5) is 28.3 Å². The minimum absolute atomic E-state index is 0. The van der Waals surface area contributed by atoms with Crippen LogP contribution in [0.5, 0.6) is 0 Å². The number of aromatic nitrogens is 8. The highest BCUT2D eigenvalue weighted by atomic mass is 35.5. The Morgan fingerprint density at radius 1 is 0.598 bits per heavy atom. The summed E-state index contributed by atoms with van der Waals surface area (Å²) < 4.78 is 16.4. The summed E-state index contributed by atoms with van der Waals surface area (Å²) in [6.07, 6.45) is 10.6. The maximum Gasteiger partial charge on any atom is 0.410 e. The molecule has 4 fully saturated rings. The molecule has 3 aliphatic heterocycles. The second-order valence-corrected chi connectivity index (χ2v) is 19.0. The second-order valence-electron chi connectivity index (χ2n) is 18.6. The van der Waals surface area contributed by atoms with E-state index >= 15 is 0 Å². The molecule has 9 rings (SSSR count). The molecule has 3 saturated heterocycles. The van der Waals surface area contributed by atoms with E-state index in [1.54, 1.807) is 31.1 Å². The molecule has 0 bridgehead atoms. The van der Waals surface area contributed by atoms with Crippen molar-refractivity contribution in [3.8, 4) is 142 Å². The summed E-state index contributed by atoms with van der Waals surface area (Å²) in [6.45, 7) is 15.9. The Bertz CT molecular complexity index is 3710. The minimum atomic E-state index is -0.512. The lowest BCUT2D eigenvalue weighted by molar-refractivity contribution is 0.0293. The number of rotatable bonds is 7. The smallest absolute Gasteiger partial charge is 0.410 e. The average Bonchev–Trinajstić information content (AvgIpc) is 4.44. The Hall–Kier alpha value is -9.97. The number of carbonyl (C=O) groups is 1. The van der Waals surface area contributed by atoms with Crippen molar-refractivity contribution in [1.82, 2.24) is 45.0 Å². The van der Waals surface area contributed by atoms with Crippen LogP contribution in [0.2, 0.25) is 5.15 Å². The van der Waals surface area contributed by atoms with Crippen molar-refractivity contribution in [2.75, 3.05) is 86.1 Å². The summed E-state index contributed by atoms with van der Waals surface area (Å²) in [4.78, 5) is 46.4. The highest BCUT2D eigenvalue weighted by Crippen LogP contribution is 2.33. The third-order valence-corrected chi connectivity index (χ3v) is 12.1. The van der Waals surface area contributed by atoms with E-state index in [0.29, 0.717) is 68.0 Å². The van der Waals surface area contributed by atoms with E-state index in [1.165, 1.54) is 25.7 Å². The van der Waals surface area contributed by atoms with Crippen molar-refractivity contribution >= 4 is 63.0 Å². The third kappa shape index (κ3) is 19.4. The fourth-order valence-electron chi connectivity index (χ4n) is 8.18. The van der Waals surface area contributed by atoms with Crippen LogP contribution in [-0.4, -0.2) is 134 Å². The van der Waals surface area contributed by atoms with Gasteiger partial charge in [-0.05, 0) is 167 Å². The predicted molar refractivity (Wildman–Crippen MR) is 323 cm³/mol. The number of carbonyl (C=O) groups excluding carboxylic acids is 1. The number of aromatic amines is 1. The topological polar surface area (TPSA) is 185 Å². The van der Waals surface area contributed by atoms with Crippen LogP contribution in [0, 0.1) is 130 Å². The van der Waals surface area contributed by atoms with Crippen molar-refractivity contribution in [3.63, 3.8) is 0 Å². The molecule has 1 atom stereocenters. The molecule has 0 radical (unpaired) electrons. The van der Waals surface area contributed by atoms with Crippen LogP contribution in [0.25, 0.3) is 33.2 Å². The lowest BCUT2D eigenvalue weighted by Gasteiger charge is -2.28. The van der Waals surface area contributed by atoms with Crippen molar-refractivity contribution in [2.24, 2.45) is 0 Å². The highest BCUT2D eigenvalue weighted by molar-refractivity contribution is 6.34. The number of nitrogens with one attached hydrogen (secondary N) is 3. The van der Waals surface area contributed by atoms with Gasteiger partial charge in [-0.15, -0.1) is 0 Å². The van der Waals surface area contributed by atoms with Crippen LogP contribution < -0.4 is 20.4 Å². The Labute approximate surface area is 486 Å². The largest absolute Gasteiger partial charge is 0.444 e. The summed E-state index contributed by atoms with van der Waals surface area (Å²) in [5.41, 5.74) is 2.61. The molecule has 1 saturated carbocycles. The van der Waals surface area contributed by atoms with Gasteiger partial charge in [0.2, 0.25) is 11.9 Å². The predicted octanol–water partition coefficient (Wildman–Crippen LogP) is 7.24. The molecule has 5 aromatic heterocycles. The van der Waals surface area contributed by atoms with Gasteiger partial charge in [0.15, 0.2) is 5.15 Å². The number of hydrogen-bond acceptors (Lipinski definition) is 15. The molecular formula is C64H60ClN13O4. The van der Waals surface area contributed by atoms with Gasteiger partial charge in [-0.2, -0.15) is 15.1 Å². The zero-order valence-electron chi connectivity index (χ0n) is 45.7. The average molecular weight is 1110 g/mol. The molecule has 4 aliphatic rings. The molecular weight excluding hydrogens is 1050 g/mol. The van der Waals surface area contributed by atoms with E-state index in [2.05, 4.69) is 176 Å². The molecule has 412 valence electrons. The molecule has 8 heterocycles. The van der Waals surface area contributed by atoms with E-state index in [0.717, 1.165) is 72.0 Å². The lowest BCUT2D eigenvalue weighted by Crippen LogP contribution is -2.38. The van der Waals surface area contributed by atoms with Gasteiger partial charge in [0.05, 0.1) is 32.1 Å². The summed E-state index contributed by atoms with van der Waals surface area (Å²) in [7, 11) is 0. The summed E-state index contributed by atoms with van der Waals surface area (Å²) in [5, 5.41) is 16.4. The molecule has 1 aliphatic carbocycles. The van der Waals surface area contributed by atoms with E-state index < -0.39 is 5.60 Å². The number of fused-ring (bicyclic) bond motifs is 2. The number of halogens is 1. The Morgan fingerprint density at radius 3 is 1.51 bits per heavy atom. The van der Waals surface area contributed by atoms with Gasteiger partial charge >= 0.3 is 6.09 Å². The van der Waals surface area contributed by atoms with Crippen LogP contribution in [-0.2, 0) is 14.2 Å². The molecule has 17 nitrogen and oxygen atoms in total. The number of nitrogens with zero attached hydrogens (tertiary/aromatic N) is 10. The van der Waals surface area contributed by atoms with E-state index in [-0.39, 0.29) is 19.6 Å². The van der Waals surface area contributed by atoms with Crippen molar-refractivity contribution in [2.45, 2.75) is 91.8 Å². The molecule has 3 N–H and O–H groups in total. The lowest BCUT2D eigenvalue weighted by atomic mass is 10.1. The zero-order chi connectivity index (χ0) is 56.9. The normalized spacial score (nSPS) is 14.5. The number of anilines is 4. The first kappa shape index (κ1) is 61.2. The number of H-pyrrole nitrogens is 1. The summed E-state index contributed by atoms with van der Waals surface area (Å²) in [6, 6.07) is 6.30. The van der Waals surface area contributed by atoms with Gasteiger partial charge in [-0.25, -0.2) is 19.7 Å². The Kier molecular flexibility index (Phi) is 24.5. The van der Waals surface area contributed by atoms with E-state index in [1.807, 2.05) is 45.2 Å². The van der Waals surface area contributed by atoms with Gasteiger partial charge in [0.25, 0.3) is 0 Å². The maximum atomic E-state index is 12.4. The number of hydrogen-bond donors (Lipinski definition) is 3. The number of pyridine rings is 2. The Balaban J connectivity index is 0.000000198. The first-order valence-electron chi connectivity index (χ1n) is 26.1. The maximum absolute atomic E-state index is 12.4. The van der Waals surface area contributed by atoms with Gasteiger partial charge in [-0.1, -0.05) is 43.7 Å². The van der Waals surface area contributed by atoms with E-state index in [4.69, 9.17) is 40.8 Å². The second kappa shape index (κ2) is 32.8. The SMILES string of the molecule is C.CC#CC#CC#CC#CC#CC#CC#CC#CC#CC#CC#CC.CC(C)(C)OC(=O)N1CC[C@@H](Nc2nc(N3CCOCC3)nc3c(Cl)nccc23)C1.c1cc(-c2nccc3c(NC4CCCC4)nc(N4CCOCC4)nc23)[nH]n1. The van der Waals surface area contributed by atoms with E-state index in [9.17, 15) is 4.79 Å². The van der Waals surface area contributed by atoms with Crippen LogP contribution in [0.3, 0.4) is 0 Å². The molecule has 0 unspecified atom stereocenters. The quantitative estimate of drug-likeness (QED) is 0.109. The summed E-state index contributed by atoms with van der Waals surface area (Å²) >= 11 is 6.34. The van der Waals surface area contributed by atoms with Crippen molar-refractivity contribution in [1.29, 1.82) is 0 Å². The standard InChI is InChI=1S/C24H6.C20H27ClN6O3.C19H23N7O.CH4/c1-3-5-7-9-11-13-15-17-19-21-23-24-22-20-18-16-14-12-10-8-6-4-2;1-20(2,3)30-19(28)27-7-5-13(12-27)23-17-14-4-6-22-16(21)15(14)24-18(25-17)26-8-10-29-11-9-26;1-2-4-13(3-1)22-18-14-5-7-20-17(15-6-8-21-25-15)16(14)23-19(24-18)26-9-11-27-12-10-26;/h1-2H3;4,6,13H,5,7-12H2,1-3H3,(H,23,24,25);5-8,13H,1-4,9-12H2,(H,21,25)(H,22,23,24);1H4/t;13-;;/m.1../s1. The first-order chi connectivity index (χ1) is 39.6. The van der Waals surface area contributed by atoms with Gasteiger partial charge in [0, 0.05) is 104 Å². The zero-order valence-corrected chi connectivity index (χ0v) is 46.5. The molecule has 1 amide bonds. The summed E-state index contributed by atoms with van der Waals surface area (Å²) in [5.74, 6) is 58.5. The number of ether oxygens (including phenoxy) is 3.